The Morgan fingerprint density at radius 2 is 1.97 bits per heavy atom. The van der Waals surface area contributed by atoms with Crippen LogP contribution in [0.5, 0.6) is 5.75 Å². The molecule has 6 nitrogen and oxygen atoms in total. The minimum absolute atomic E-state index is 0.0490. The molecular formula is C23H32N2O4. The number of carbonyl (C=O) groups is 2. The van der Waals surface area contributed by atoms with Crippen molar-refractivity contribution >= 4 is 11.8 Å². The second kappa shape index (κ2) is 7.31. The predicted octanol–water partition coefficient (Wildman–Crippen LogP) is 2.86. The molecule has 2 amide bonds. The fourth-order valence-electron chi connectivity index (χ4n) is 6.44. The lowest BCUT2D eigenvalue weighted by Gasteiger charge is -2.53. The van der Waals surface area contributed by atoms with E-state index < -0.39 is 0 Å². The van der Waals surface area contributed by atoms with Crippen molar-refractivity contribution in [2.75, 3.05) is 13.2 Å². The Kier molecular flexibility index (Phi) is 5.09. The number of rotatable bonds is 5. The van der Waals surface area contributed by atoms with E-state index in [0.717, 1.165) is 25.7 Å². The Balaban J connectivity index is 1.41. The molecule has 1 spiro atoms. The Bertz CT molecular complexity index is 791. The molecule has 3 fully saturated rings. The Morgan fingerprint density at radius 3 is 2.66 bits per heavy atom. The monoisotopic (exact) mass is 400 g/mol. The van der Waals surface area contributed by atoms with Gasteiger partial charge >= 0.3 is 0 Å². The fraction of sp³-hybridized carbons (Fsp3) is 0.652. The highest BCUT2D eigenvalue weighted by Crippen LogP contribution is 2.68. The Morgan fingerprint density at radius 1 is 1.24 bits per heavy atom. The second-order valence-corrected chi connectivity index (χ2v) is 9.68. The predicted molar refractivity (Wildman–Crippen MR) is 109 cm³/mol. The number of carbonyl (C=O) groups excluding carboxylic acids is 2. The summed E-state index contributed by atoms with van der Waals surface area (Å²) in [6.07, 6.45) is 4.19. The van der Waals surface area contributed by atoms with E-state index in [0.29, 0.717) is 30.6 Å². The Labute approximate surface area is 172 Å². The number of phenols is 1. The molecule has 2 saturated carbocycles. The van der Waals surface area contributed by atoms with E-state index >= 15 is 0 Å². The van der Waals surface area contributed by atoms with Gasteiger partial charge in [0.05, 0.1) is 6.10 Å². The lowest BCUT2D eigenvalue weighted by atomic mass is 9.59. The van der Waals surface area contributed by atoms with Gasteiger partial charge in [-0.3, -0.25) is 9.59 Å². The standard InChI is InChI=1S/C23H32N2O4/c1-14(26)25-21-22(2,3)16-12-18-19(29-11-9-23(18,21)13-16)8-10-24-20(28)15-4-6-17(27)7-5-15/h4-7,16,18-19,21,27H,8-13H2,1-3H3,(H,24,28)(H,25,26)/t16-,18-,19-,21+,23?/m1/s1. The minimum atomic E-state index is -0.138. The van der Waals surface area contributed by atoms with Crippen molar-refractivity contribution in [1.29, 1.82) is 0 Å². The molecule has 29 heavy (non-hydrogen) atoms. The summed E-state index contributed by atoms with van der Waals surface area (Å²) >= 11 is 0. The molecule has 1 saturated heterocycles. The highest BCUT2D eigenvalue weighted by Gasteiger charge is 2.68. The molecule has 2 aliphatic carbocycles. The van der Waals surface area contributed by atoms with Crippen LogP contribution in [0.25, 0.3) is 0 Å². The summed E-state index contributed by atoms with van der Waals surface area (Å²) in [5, 5.41) is 15.6. The maximum Gasteiger partial charge on any atom is 0.251 e. The van der Waals surface area contributed by atoms with Gasteiger partial charge < -0.3 is 20.5 Å². The van der Waals surface area contributed by atoms with Crippen LogP contribution in [-0.4, -0.2) is 42.2 Å². The molecule has 5 atom stereocenters. The number of aromatic hydroxyl groups is 1. The van der Waals surface area contributed by atoms with Gasteiger partial charge in [0.2, 0.25) is 5.91 Å². The number of benzene rings is 1. The quantitative estimate of drug-likeness (QED) is 0.709. The van der Waals surface area contributed by atoms with Gasteiger partial charge in [0, 0.05) is 31.7 Å². The fourth-order valence-corrected chi connectivity index (χ4v) is 6.44. The van der Waals surface area contributed by atoms with Crippen LogP contribution in [0.4, 0.5) is 0 Å². The molecule has 0 radical (unpaired) electrons. The maximum absolute atomic E-state index is 12.3. The van der Waals surface area contributed by atoms with Crippen LogP contribution in [0.3, 0.4) is 0 Å². The molecular weight excluding hydrogens is 368 g/mol. The zero-order chi connectivity index (χ0) is 20.8. The molecule has 1 aromatic carbocycles. The van der Waals surface area contributed by atoms with E-state index in [-0.39, 0.29) is 40.5 Å². The van der Waals surface area contributed by atoms with Crippen LogP contribution in [0.1, 0.15) is 56.8 Å². The normalized spacial score (nSPS) is 34.4. The summed E-state index contributed by atoms with van der Waals surface area (Å²) < 4.78 is 6.17. The third-order valence-electron chi connectivity index (χ3n) is 7.81. The number of hydrogen-bond donors (Lipinski definition) is 3. The van der Waals surface area contributed by atoms with Crippen molar-refractivity contribution in [3.05, 3.63) is 29.8 Å². The van der Waals surface area contributed by atoms with Crippen molar-refractivity contribution < 1.29 is 19.4 Å². The molecule has 1 aliphatic heterocycles. The molecule has 158 valence electrons. The molecule has 2 bridgehead atoms. The summed E-state index contributed by atoms with van der Waals surface area (Å²) in [4.78, 5) is 24.2. The lowest BCUT2D eigenvalue weighted by molar-refractivity contribution is -0.135. The topological polar surface area (TPSA) is 87.7 Å². The van der Waals surface area contributed by atoms with Gasteiger partial charge in [-0.05, 0) is 72.6 Å². The van der Waals surface area contributed by atoms with Crippen LogP contribution in [0.15, 0.2) is 24.3 Å². The van der Waals surface area contributed by atoms with E-state index in [1.54, 1.807) is 19.1 Å². The van der Waals surface area contributed by atoms with E-state index in [2.05, 4.69) is 24.5 Å². The average Bonchev–Trinajstić information content (AvgIpc) is 3.15. The van der Waals surface area contributed by atoms with Crippen LogP contribution in [0.2, 0.25) is 0 Å². The number of phenolic OH excluding ortho intramolecular Hbond substituents is 1. The first kappa shape index (κ1) is 20.2. The van der Waals surface area contributed by atoms with E-state index in [1.165, 1.54) is 12.1 Å². The van der Waals surface area contributed by atoms with Gasteiger partial charge in [0.25, 0.3) is 5.91 Å². The summed E-state index contributed by atoms with van der Waals surface area (Å²) in [5.41, 5.74) is 0.761. The first-order valence-corrected chi connectivity index (χ1v) is 10.7. The molecule has 3 N–H and O–H groups in total. The Hall–Kier alpha value is -2.08. The average molecular weight is 401 g/mol. The molecule has 1 unspecified atom stereocenters. The van der Waals surface area contributed by atoms with Gasteiger partial charge in [0.15, 0.2) is 0 Å². The number of nitrogens with one attached hydrogen (secondary N) is 2. The van der Waals surface area contributed by atoms with E-state index in [9.17, 15) is 14.7 Å². The van der Waals surface area contributed by atoms with Gasteiger partial charge in [-0.1, -0.05) is 13.8 Å². The summed E-state index contributed by atoms with van der Waals surface area (Å²) in [5.74, 6) is 1.08. The largest absolute Gasteiger partial charge is 0.508 e. The van der Waals surface area contributed by atoms with Crippen LogP contribution in [0, 0.1) is 22.7 Å². The first-order chi connectivity index (χ1) is 13.7. The van der Waals surface area contributed by atoms with Crippen LogP contribution < -0.4 is 10.6 Å². The number of fused-ring (bicyclic) bond motifs is 1. The SMILES string of the molecule is CC(=O)N[C@H]1C(C)(C)[C@@H]2C[C@@H]3[C@@H](CCNC(=O)c4ccc(O)cc4)OCCC31C2. The third kappa shape index (κ3) is 3.41. The number of amides is 2. The van der Waals surface area contributed by atoms with Crippen molar-refractivity contribution in [2.24, 2.45) is 22.7 Å². The molecule has 3 aliphatic rings. The zero-order valence-corrected chi connectivity index (χ0v) is 17.5. The zero-order valence-electron chi connectivity index (χ0n) is 17.5. The van der Waals surface area contributed by atoms with Crippen molar-refractivity contribution in [2.45, 2.75) is 58.6 Å². The maximum atomic E-state index is 12.3. The van der Waals surface area contributed by atoms with Gasteiger partial charge in [-0.2, -0.15) is 0 Å². The molecule has 1 heterocycles. The summed E-state index contributed by atoms with van der Waals surface area (Å²) in [6, 6.07) is 6.46. The van der Waals surface area contributed by atoms with Crippen molar-refractivity contribution in [1.82, 2.24) is 10.6 Å². The lowest BCUT2D eigenvalue weighted by Crippen LogP contribution is -2.60. The number of ether oxygens (including phenoxy) is 1. The van der Waals surface area contributed by atoms with E-state index in [1.807, 2.05) is 0 Å². The highest BCUT2D eigenvalue weighted by molar-refractivity contribution is 5.94. The van der Waals surface area contributed by atoms with Gasteiger partial charge in [-0.25, -0.2) is 0 Å². The second-order valence-electron chi connectivity index (χ2n) is 9.68. The van der Waals surface area contributed by atoms with Crippen molar-refractivity contribution in [3.63, 3.8) is 0 Å². The number of hydrogen-bond acceptors (Lipinski definition) is 4. The minimum Gasteiger partial charge on any atom is -0.508 e. The third-order valence-corrected chi connectivity index (χ3v) is 7.81. The van der Waals surface area contributed by atoms with Gasteiger partial charge in [0.1, 0.15) is 5.75 Å². The highest BCUT2D eigenvalue weighted by atomic mass is 16.5. The molecule has 6 heteroatoms. The molecule has 0 aromatic heterocycles. The smallest absolute Gasteiger partial charge is 0.251 e. The summed E-state index contributed by atoms with van der Waals surface area (Å²) in [6.45, 7) is 7.47. The van der Waals surface area contributed by atoms with Crippen LogP contribution >= 0.6 is 0 Å². The molecule has 1 aromatic rings. The van der Waals surface area contributed by atoms with E-state index in [4.69, 9.17) is 4.74 Å². The molecule has 4 rings (SSSR count). The first-order valence-electron chi connectivity index (χ1n) is 10.7. The van der Waals surface area contributed by atoms with Crippen molar-refractivity contribution in [3.8, 4) is 5.75 Å². The summed E-state index contributed by atoms with van der Waals surface area (Å²) in [7, 11) is 0. The van der Waals surface area contributed by atoms with Gasteiger partial charge in [-0.15, -0.1) is 0 Å². The van der Waals surface area contributed by atoms with Crippen LogP contribution in [-0.2, 0) is 9.53 Å².